The zero-order chi connectivity index (χ0) is 13.8. The van der Waals surface area contributed by atoms with E-state index in [-0.39, 0.29) is 6.54 Å². The van der Waals surface area contributed by atoms with Gasteiger partial charge in [0.05, 0.1) is 5.56 Å². The van der Waals surface area contributed by atoms with Gasteiger partial charge in [0.2, 0.25) is 0 Å². The first-order chi connectivity index (χ1) is 8.34. The fourth-order valence-corrected chi connectivity index (χ4v) is 2.76. The van der Waals surface area contributed by atoms with Gasteiger partial charge >= 0.3 is 6.18 Å². The van der Waals surface area contributed by atoms with Crippen molar-refractivity contribution in [3.05, 3.63) is 29.3 Å². The van der Waals surface area contributed by atoms with E-state index in [4.69, 9.17) is 5.73 Å². The first-order valence-corrected chi connectivity index (χ1v) is 6.86. The molecule has 0 spiro atoms. The minimum Gasteiger partial charge on any atom is -0.326 e. The first kappa shape index (κ1) is 15.4. The molecule has 102 valence electrons. The molecule has 1 nitrogen and oxygen atoms in total. The van der Waals surface area contributed by atoms with E-state index in [1.165, 1.54) is 6.07 Å². The summed E-state index contributed by atoms with van der Waals surface area (Å²) in [5.74, 6) is 1.49. The molecule has 0 saturated carbocycles. The standard InChI is InChI=1S/C13H18F3NS/c1-9(2)5-6-18-12-4-3-11(13(14,15)16)7-10(12)8-17/h3-4,7,9H,5-6,8,17H2,1-2H3. The molecule has 0 atom stereocenters. The van der Waals surface area contributed by atoms with Gasteiger partial charge in [0.25, 0.3) is 0 Å². The summed E-state index contributed by atoms with van der Waals surface area (Å²) < 4.78 is 37.6. The minimum absolute atomic E-state index is 0.133. The summed E-state index contributed by atoms with van der Waals surface area (Å²) in [5.41, 5.74) is 5.45. The highest BCUT2D eigenvalue weighted by Gasteiger charge is 2.30. The molecule has 0 aliphatic heterocycles. The van der Waals surface area contributed by atoms with Crippen LogP contribution in [0.2, 0.25) is 0 Å². The molecule has 2 N–H and O–H groups in total. The molecule has 18 heavy (non-hydrogen) atoms. The molecule has 5 heteroatoms. The highest BCUT2D eigenvalue weighted by Crippen LogP contribution is 2.33. The van der Waals surface area contributed by atoms with Crippen LogP contribution in [0.5, 0.6) is 0 Å². The Labute approximate surface area is 110 Å². The van der Waals surface area contributed by atoms with Gasteiger partial charge in [0, 0.05) is 11.4 Å². The number of nitrogens with two attached hydrogens (primary N) is 1. The Bertz CT molecular complexity index is 388. The smallest absolute Gasteiger partial charge is 0.326 e. The van der Waals surface area contributed by atoms with Crippen LogP contribution in [-0.2, 0) is 12.7 Å². The van der Waals surface area contributed by atoms with Crippen molar-refractivity contribution in [3.63, 3.8) is 0 Å². The number of benzene rings is 1. The first-order valence-electron chi connectivity index (χ1n) is 5.87. The van der Waals surface area contributed by atoms with Crippen molar-refractivity contribution in [3.8, 4) is 0 Å². The van der Waals surface area contributed by atoms with E-state index < -0.39 is 11.7 Å². The molecule has 0 aliphatic rings. The topological polar surface area (TPSA) is 26.0 Å². The molecule has 0 saturated heterocycles. The van der Waals surface area contributed by atoms with E-state index in [1.54, 1.807) is 11.8 Å². The summed E-state index contributed by atoms with van der Waals surface area (Å²) in [7, 11) is 0. The number of thioether (sulfide) groups is 1. The van der Waals surface area contributed by atoms with Crippen molar-refractivity contribution in [2.75, 3.05) is 5.75 Å². The Morgan fingerprint density at radius 1 is 1.28 bits per heavy atom. The highest BCUT2D eigenvalue weighted by molar-refractivity contribution is 7.99. The van der Waals surface area contributed by atoms with Crippen molar-refractivity contribution >= 4 is 11.8 Å². The third-order valence-corrected chi connectivity index (χ3v) is 3.71. The van der Waals surface area contributed by atoms with Crippen LogP contribution < -0.4 is 5.73 Å². The number of hydrogen-bond acceptors (Lipinski definition) is 2. The summed E-state index contributed by atoms with van der Waals surface area (Å²) in [6.07, 6.45) is -3.26. The van der Waals surface area contributed by atoms with Gasteiger partial charge in [-0.25, -0.2) is 0 Å². The lowest BCUT2D eigenvalue weighted by atomic mass is 10.1. The quantitative estimate of drug-likeness (QED) is 0.812. The van der Waals surface area contributed by atoms with Gasteiger partial charge < -0.3 is 5.73 Å². The predicted molar refractivity (Wildman–Crippen MR) is 69.5 cm³/mol. The van der Waals surface area contributed by atoms with Crippen molar-refractivity contribution < 1.29 is 13.2 Å². The molecule has 0 heterocycles. The summed E-state index contributed by atoms with van der Waals surface area (Å²) in [4.78, 5) is 0.853. The normalized spacial score (nSPS) is 12.2. The molecule has 1 aromatic carbocycles. The number of hydrogen-bond donors (Lipinski definition) is 1. The summed E-state index contributed by atoms with van der Waals surface area (Å²) in [5, 5.41) is 0. The Kier molecular flexibility index (Phi) is 5.53. The molecular weight excluding hydrogens is 259 g/mol. The molecule has 0 radical (unpaired) electrons. The van der Waals surface area contributed by atoms with Gasteiger partial charge in [-0.2, -0.15) is 13.2 Å². The third kappa shape index (κ3) is 4.53. The van der Waals surface area contributed by atoms with Gasteiger partial charge in [-0.05, 0) is 41.9 Å². The van der Waals surface area contributed by atoms with E-state index in [2.05, 4.69) is 13.8 Å². The maximum atomic E-state index is 12.5. The fraction of sp³-hybridized carbons (Fsp3) is 0.538. The average molecular weight is 277 g/mol. The molecule has 1 rings (SSSR count). The molecule has 0 bridgehead atoms. The average Bonchev–Trinajstić information content (AvgIpc) is 2.27. The zero-order valence-corrected chi connectivity index (χ0v) is 11.4. The van der Waals surface area contributed by atoms with Crippen molar-refractivity contribution in [2.24, 2.45) is 11.7 Å². The minimum atomic E-state index is -4.30. The molecule has 0 fully saturated rings. The van der Waals surface area contributed by atoms with E-state index in [0.29, 0.717) is 11.5 Å². The molecule has 0 aliphatic carbocycles. The van der Waals surface area contributed by atoms with Crippen LogP contribution in [0, 0.1) is 5.92 Å². The SMILES string of the molecule is CC(C)CCSc1ccc(C(F)(F)F)cc1CN. The predicted octanol–water partition coefficient (Wildman–Crippen LogP) is 4.30. The van der Waals surface area contributed by atoms with E-state index in [9.17, 15) is 13.2 Å². The summed E-state index contributed by atoms with van der Waals surface area (Å²) >= 11 is 1.57. The van der Waals surface area contributed by atoms with Gasteiger partial charge in [-0.3, -0.25) is 0 Å². The zero-order valence-electron chi connectivity index (χ0n) is 10.6. The second-order valence-electron chi connectivity index (χ2n) is 4.56. The maximum absolute atomic E-state index is 12.5. The van der Waals surface area contributed by atoms with Gasteiger partial charge in [-0.1, -0.05) is 13.8 Å². The van der Waals surface area contributed by atoms with Crippen LogP contribution in [0.15, 0.2) is 23.1 Å². The Morgan fingerprint density at radius 2 is 1.94 bits per heavy atom. The van der Waals surface area contributed by atoms with Crippen LogP contribution >= 0.6 is 11.8 Å². The monoisotopic (exact) mass is 277 g/mol. The van der Waals surface area contributed by atoms with E-state index >= 15 is 0 Å². The molecule has 1 aromatic rings. The fourth-order valence-electron chi connectivity index (χ4n) is 1.46. The molecule has 0 unspecified atom stereocenters. The van der Waals surface area contributed by atoms with Crippen LogP contribution in [0.1, 0.15) is 31.4 Å². The number of rotatable bonds is 5. The highest BCUT2D eigenvalue weighted by atomic mass is 32.2. The number of alkyl halides is 3. The van der Waals surface area contributed by atoms with Crippen LogP contribution in [0.25, 0.3) is 0 Å². The van der Waals surface area contributed by atoms with E-state index in [1.807, 2.05) is 0 Å². The van der Waals surface area contributed by atoms with Gasteiger partial charge in [0.15, 0.2) is 0 Å². The molecular formula is C13H18F3NS. The molecule has 0 amide bonds. The largest absolute Gasteiger partial charge is 0.416 e. The molecule has 0 aromatic heterocycles. The van der Waals surface area contributed by atoms with Crippen molar-refractivity contribution in [1.82, 2.24) is 0 Å². The second kappa shape index (κ2) is 6.48. The van der Waals surface area contributed by atoms with Gasteiger partial charge in [-0.15, -0.1) is 11.8 Å². The Hall–Kier alpha value is -0.680. The lowest BCUT2D eigenvalue weighted by Gasteiger charge is -2.12. The van der Waals surface area contributed by atoms with E-state index in [0.717, 1.165) is 29.2 Å². The van der Waals surface area contributed by atoms with Crippen LogP contribution in [0.4, 0.5) is 13.2 Å². The van der Waals surface area contributed by atoms with Crippen LogP contribution in [-0.4, -0.2) is 5.75 Å². The summed E-state index contributed by atoms with van der Waals surface area (Å²) in [6.45, 7) is 4.38. The van der Waals surface area contributed by atoms with Crippen molar-refractivity contribution in [1.29, 1.82) is 0 Å². The lowest BCUT2D eigenvalue weighted by molar-refractivity contribution is -0.137. The Morgan fingerprint density at radius 3 is 2.44 bits per heavy atom. The number of halogens is 3. The Balaban J connectivity index is 2.81. The second-order valence-corrected chi connectivity index (χ2v) is 5.69. The van der Waals surface area contributed by atoms with Crippen molar-refractivity contribution in [2.45, 2.75) is 37.9 Å². The van der Waals surface area contributed by atoms with Crippen LogP contribution in [0.3, 0.4) is 0 Å². The van der Waals surface area contributed by atoms with Gasteiger partial charge in [0.1, 0.15) is 0 Å². The lowest BCUT2D eigenvalue weighted by Crippen LogP contribution is -2.08. The third-order valence-electron chi connectivity index (χ3n) is 2.56. The summed E-state index contributed by atoms with van der Waals surface area (Å²) in [6, 6.07) is 3.80. The maximum Gasteiger partial charge on any atom is 0.416 e.